The van der Waals surface area contributed by atoms with Crippen LogP contribution in [0.2, 0.25) is 0 Å². The molecule has 0 aromatic rings. The van der Waals surface area contributed by atoms with Crippen LogP contribution in [0.3, 0.4) is 0 Å². The number of ether oxygens (including phenoxy) is 2. The lowest BCUT2D eigenvalue weighted by Crippen LogP contribution is -2.81. The Morgan fingerprint density at radius 3 is 1.56 bits per heavy atom. The van der Waals surface area contributed by atoms with Gasteiger partial charge < -0.3 is 50.3 Å². The lowest BCUT2D eigenvalue weighted by molar-refractivity contribution is -0.180. The summed E-state index contributed by atoms with van der Waals surface area (Å²) in [5, 5.41) is 0. The van der Waals surface area contributed by atoms with Crippen LogP contribution in [0.25, 0.3) is 0 Å². The Balaban J connectivity index is 1.42. The number of primary amides is 2. The van der Waals surface area contributed by atoms with E-state index < -0.39 is 69.9 Å². The van der Waals surface area contributed by atoms with Crippen molar-refractivity contribution in [1.82, 2.24) is 29.4 Å². The zero-order valence-corrected chi connectivity index (χ0v) is 30.0. The van der Waals surface area contributed by atoms with Crippen molar-refractivity contribution in [3.8, 4) is 0 Å². The average molecular weight is 707 g/mol. The van der Waals surface area contributed by atoms with E-state index in [-0.39, 0.29) is 84.2 Å². The summed E-state index contributed by atoms with van der Waals surface area (Å²) in [4.78, 5) is 111. The highest BCUT2D eigenvalue weighted by Crippen LogP contribution is 2.37. The van der Waals surface area contributed by atoms with Crippen LogP contribution in [-0.4, -0.2) is 165 Å². The van der Waals surface area contributed by atoms with Crippen LogP contribution >= 0.6 is 0 Å². The molecule has 0 aromatic carbocycles. The maximum Gasteiger partial charge on any atom is 0.410 e. The summed E-state index contributed by atoms with van der Waals surface area (Å²) in [6, 6.07) is 0. The molecule has 2 unspecified atom stereocenters. The Hall–Kier alpha value is -4.64. The van der Waals surface area contributed by atoms with Gasteiger partial charge in [0.05, 0.1) is 39.3 Å². The number of hydrogen-bond acceptors (Lipinski definition) is 10. The van der Waals surface area contributed by atoms with Crippen LogP contribution in [0.5, 0.6) is 0 Å². The second-order valence-electron chi connectivity index (χ2n) is 15.5. The minimum absolute atomic E-state index is 0.000813. The zero-order chi connectivity index (χ0) is 37.6. The number of amides is 8. The fourth-order valence-corrected chi connectivity index (χ4v) is 6.94. The molecule has 0 radical (unpaired) electrons. The molecule has 4 fully saturated rings. The van der Waals surface area contributed by atoms with Gasteiger partial charge in [0, 0.05) is 38.5 Å². The highest BCUT2D eigenvalue weighted by Gasteiger charge is 2.62. The molecule has 4 aliphatic rings. The molecule has 50 heavy (non-hydrogen) atoms. The van der Waals surface area contributed by atoms with Gasteiger partial charge in [0.1, 0.15) is 11.2 Å². The number of β-lactam (4-membered cyclic amide) rings is 2. The van der Waals surface area contributed by atoms with E-state index in [1.807, 2.05) is 0 Å². The predicted octanol–water partition coefficient (Wildman–Crippen LogP) is -1.31. The van der Waals surface area contributed by atoms with Crippen molar-refractivity contribution in [3.05, 3.63) is 0 Å². The molecule has 278 valence electrons. The molecule has 4 heterocycles. The van der Waals surface area contributed by atoms with E-state index in [0.717, 1.165) is 0 Å². The molecule has 0 saturated carbocycles. The number of carbonyl (C=O) groups excluding carboxylic acids is 8. The summed E-state index contributed by atoms with van der Waals surface area (Å²) in [6.45, 7) is 11.3. The van der Waals surface area contributed by atoms with Crippen LogP contribution < -0.4 is 11.5 Å². The largest absolute Gasteiger partial charge is 0.444 e. The van der Waals surface area contributed by atoms with Gasteiger partial charge in [-0.15, -0.1) is 0 Å². The molecule has 2 spiro atoms. The SMILES string of the molecule is CC(C)C(=O)N1CCN(C(=O)OC(C)(C)CCC(=O)N2CCN(C(=O)OC(C)(C)C)CC23CN(CC(N)=O)C3=O)CC12CN(CC(N)=O)C2=O. The fraction of sp³-hybridized carbons (Fsp3) is 0.750. The number of nitrogens with zero attached hydrogens (tertiary/aromatic N) is 6. The first-order valence-corrected chi connectivity index (χ1v) is 16.7. The van der Waals surface area contributed by atoms with Gasteiger partial charge in [0.25, 0.3) is 11.8 Å². The quantitative estimate of drug-likeness (QED) is 0.269. The molecule has 8 amide bonds. The van der Waals surface area contributed by atoms with E-state index in [4.69, 9.17) is 20.9 Å². The molecule has 4 aliphatic heterocycles. The Morgan fingerprint density at radius 2 is 1.14 bits per heavy atom. The third-order valence-corrected chi connectivity index (χ3v) is 9.37. The molecule has 2 atom stereocenters. The van der Waals surface area contributed by atoms with Gasteiger partial charge in [-0.25, -0.2) is 9.59 Å². The summed E-state index contributed by atoms with van der Waals surface area (Å²) in [6.07, 6.45) is -1.41. The van der Waals surface area contributed by atoms with Gasteiger partial charge >= 0.3 is 12.2 Å². The van der Waals surface area contributed by atoms with E-state index in [1.54, 1.807) is 48.5 Å². The van der Waals surface area contributed by atoms with E-state index in [9.17, 15) is 38.4 Å². The summed E-state index contributed by atoms with van der Waals surface area (Å²) in [5.74, 6) is -3.45. The van der Waals surface area contributed by atoms with Gasteiger partial charge in [-0.3, -0.25) is 28.8 Å². The van der Waals surface area contributed by atoms with Crippen molar-refractivity contribution >= 4 is 47.6 Å². The molecular weight excluding hydrogens is 656 g/mol. The minimum Gasteiger partial charge on any atom is -0.444 e. The number of hydrogen-bond donors (Lipinski definition) is 2. The van der Waals surface area contributed by atoms with Gasteiger partial charge in [0.15, 0.2) is 11.1 Å². The van der Waals surface area contributed by atoms with Crippen LogP contribution in [0.1, 0.15) is 61.3 Å². The third kappa shape index (κ3) is 7.57. The van der Waals surface area contributed by atoms with E-state index in [0.29, 0.717) is 0 Å². The fourth-order valence-electron chi connectivity index (χ4n) is 6.94. The first kappa shape index (κ1) is 38.2. The number of likely N-dealkylation sites (tertiary alicyclic amines) is 2. The molecular formula is C32H50N8O10. The average Bonchev–Trinajstić information content (AvgIpc) is 3.00. The molecule has 0 aliphatic carbocycles. The molecule has 4 rings (SSSR count). The zero-order valence-electron chi connectivity index (χ0n) is 30.0. The number of carbonyl (C=O) groups is 8. The maximum atomic E-state index is 13.7. The highest BCUT2D eigenvalue weighted by molar-refractivity contribution is 6.00. The lowest BCUT2D eigenvalue weighted by Gasteiger charge is -2.58. The van der Waals surface area contributed by atoms with Crippen molar-refractivity contribution in [1.29, 1.82) is 0 Å². The maximum absolute atomic E-state index is 13.7. The molecule has 0 aromatic heterocycles. The van der Waals surface area contributed by atoms with Crippen LogP contribution in [0.4, 0.5) is 9.59 Å². The number of rotatable bonds is 9. The second kappa shape index (κ2) is 13.6. The van der Waals surface area contributed by atoms with Gasteiger partial charge in [0.2, 0.25) is 23.6 Å². The van der Waals surface area contributed by atoms with Crippen molar-refractivity contribution in [2.45, 2.75) is 83.6 Å². The standard InChI is InChI=1S/C32H50N8O10/c1-20(2)24(44)40-13-11-36(17-32(40)19-38(26(32)46)15-22(34)42)28(48)50-30(6,7)9-8-23(43)39-12-10-35(27(47)49-29(3,4)5)16-31(39)18-37(25(31)45)14-21(33)41/h20H,8-19H2,1-7H3,(H2,33,41)(H2,34,42). The second-order valence-corrected chi connectivity index (χ2v) is 15.5. The summed E-state index contributed by atoms with van der Waals surface area (Å²) < 4.78 is 11.3. The predicted molar refractivity (Wildman–Crippen MR) is 174 cm³/mol. The Bertz CT molecular complexity index is 1460. The number of piperazine rings is 2. The topological polar surface area (TPSA) is 226 Å². The molecule has 18 nitrogen and oxygen atoms in total. The molecule has 4 saturated heterocycles. The van der Waals surface area contributed by atoms with Crippen LogP contribution in [0, 0.1) is 5.92 Å². The molecule has 18 heteroatoms. The van der Waals surface area contributed by atoms with E-state index in [2.05, 4.69) is 0 Å². The number of nitrogens with two attached hydrogens (primary N) is 2. The van der Waals surface area contributed by atoms with Crippen molar-refractivity contribution in [3.63, 3.8) is 0 Å². The van der Waals surface area contributed by atoms with Crippen LogP contribution in [-0.2, 0) is 38.2 Å². The first-order chi connectivity index (χ1) is 23.0. The summed E-state index contributed by atoms with van der Waals surface area (Å²) >= 11 is 0. The Kier molecular flexibility index (Phi) is 10.4. The lowest BCUT2D eigenvalue weighted by atomic mass is 9.83. The summed E-state index contributed by atoms with van der Waals surface area (Å²) in [5.41, 5.74) is 5.89. The third-order valence-electron chi connectivity index (χ3n) is 9.37. The van der Waals surface area contributed by atoms with Crippen LogP contribution in [0.15, 0.2) is 0 Å². The molecule has 0 bridgehead atoms. The Morgan fingerprint density at radius 1 is 0.700 bits per heavy atom. The van der Waals surface area contributed by atoms with E-state index >= 15 is 0 Å². The summed E-state index contributed by atoms with van der Waals surface area (Å²) in [7, 11) is 0. The van der Waals surface area contributed by atoms with Crippen molar-refractivity contribution in [2.75, 3.05) is 65.4 Å². The molecule has 4 N–H and O–H groups in total. The van der Waals surface area contributed by atoms with Gasteiger partial charge in [-0.1, -0.05) is 13.8 Å². The first-order valence-electron chi connectivity index (χ1n) is 16.7. The smallest absolute Gasteiger partial charge is 0.410 e. The normalized spacial score (nSPS) is 24.0. The van der Waals surface area contributed by atoms with E-state index in [1.165, 1.54) is 29.4 Å². The minimum atomic E-state index is -1.40. The van der Waals surface area contributed by atoms with Gasteiger partial charge in [-0.05, 0) is 41.0 Å². The highest BCUT2D eigenvalue weighted by atomic mass is 16.6. The van der Waals surface area contributed by atoms with Crippen molar-refractivity contribution < 1.29 is 47.8 Å². The monoisotopic (exact) mass is 706 g/mol. The van der Waals surface area contributed by atoms with Crippen molar-refractivity contribution in [2.24, 2.45) is 17.4 Å². The Labute approximate surface area is 291 Å². The van der Waals surface area contributed by atoms with Gasteiger partial charge in [-0.2, -0.15) is 0 Å².